The van der Waals surface area contributed by atoms with Crippen LogP contribution >= 0.6 is 0 Å². The van der Waals surface area contributed by atoms with E-state index in [2.05, 4.69) is 10.4 Å². The van der Waals surface area contributed by atoms with Gasteiger partial charge in [-0.3, -0.25) is 9.48 Å². The first kappa shape index (κ1) is 16.8. The van der Waals surface area contributed by atoms with E-state index in [1.54, 1.807) is 0 Å². The molecule has 22 heavy (non-hydrogen) atoms. The highest BCUT2D eigenvalue weighted by atomic mass is 19.4. The maximum absolute atomic E-state index is 12.7. The summed E-state index contributed by atoms with van der Waals surface area (Å²) in [5.74, 6) is -0.206. The van der Waals surface area contributed by atoms with Gasteiger partial charge in [-0.15, -0.1) is 0 Å². The Bertz CT molecular complexity index is 521. The van der Waals surface area contributed by atoms with E-state index in [1.165, 1.54) is 4.68 Å². The second-order valence-corrected chi connectivity index (χ2v) is 5.89. The first-order chi connectivity index (χ1) is 10.3. The second-order valence-electron chi connectivity index (χ2n) is 5.89. The van der Waals surface area contributed by atoms with Crippen LogP contribution in [0.2, 0.25) is 0 Å². The monoisotopic (exact) mass is 318 g/mol. The summed E-state index contributed by atoms with van der Waals surface area (Å²) < 4.78 is 39.4. The van der Waals surface area contributed by atoms with Crippen molar-refractivity contribution in [3.05, 3.63) is 17.5 Å². The Morgan fingerprint density at radius 1 is 1.45 bits per heavy atom. The summed E-state index contributed by atoms with van der Waals surface area (Å²) in [4.78, 5) is 13.8. The summed E-state index contributed by atoms with van der Waals surface area (Å²) in [6.07, 6.45) is -1.97. The molecule has 0 aromatic carbocycles. The maximum Gasteiger partial charge on any atom is 0.435 e. The van der Waals surface area contributed by atoms with Gasteiger partial charge < -0.3 is 10.2 Å². The van der Waals surface area contributed by atoms with Crippen LogP contribution < -0.4 is 5.32 Å². The molecule has 0 aliphatic heterocycles. The normalized spacial score (nSPS) is 15.4. The molecule has 1 aromatic heterocycles. The quantitative estimate of drug-likeness (QED) is 0.781. The largest absolute Gasteiger partial charge is 0.435 e. The molecule has 5 nitrogen and oxygen atoms in total. The van der Waals surface area contributed by atoms with Crippen LogP contribution in [0.1, 0.15) is 36.6 Å². The van der Waals surface area contributed by atoms with E-state index < -0.39 is 11.9 Å². The minimum atomic E-state index is -4.48. The molecule has 1 saturated carbocycles. The van der Waals surface area contributed by atoms with Crippen molar-refractivity contribution in [1.29, 1.82) is 0 Å². The van der Waals surface area contributed by atoms with Gasteiger partial charge >= 0.3 is 6.18 Å². The molecule has 1 aromatic rings. The third-order valence-corrected chi connectivity index (χ3v) is 3.49. The molecule has 0 spiro atoms. The number of carbonyl (C=O) groups excluding carboxylic acids is 1. The van der Waals surface area contributed by atoms with Gasteiger partial charge in [-0.2, -0.15) is 18.3 Å². The Hall–Kier alpha value is -1.57. The predicted molar refractivity (Wildman–Crippen MR) is 75.4 cm³/mol. The van der Waals surface area contributed by atoms with Crippen LogP contribution in [0.15, 0.2) is 6.07 Å². The van der Waals surface area contributed by atoms with Crippen LogP contribution in [0, 0.1) is 0 Å². The highest BCUT2D eigenvalue weighted by Gasteiger charge is 2.38. The molecular formula is C14H21F3N4O. The van der Waals surface area contributed by atoms with Crippen LogP contribution in [-0.2, 0) is 17.5 Å². The van der Waals surface area contributed by atoms with E-state index >= 15 is 0 Å². The van der Waals surface area contributed by atoms with Crippen molar-refractivity contribution < 1.29 is 18.0 Å². The molecule has 0 radical (unpaired) electrons. The van der Waals surface area contributed by atoms with Gasteiger partial charge in [0.05, 0.1) is 0 Å². The number of aromatic nitrogens is 2. The highest BCUT2D eigenvalue weighted by molar-refractivity contribution is 5.75. The van der Waals surface area contributed by atoms with E-state index in [0.717, 1.165) is 31.9 Å². The summed E-state index contributed by atoms with van der Waals surface area (Å²) in [6.45, 7) is 1.18. The third kappa shape index (κ3) is 4.72. The van der Waals surface area contributed by atoms with Gasteiger partial charge in [-0.05, 0) is 46.0 Å². The van der Waals surface area contributed by atoms with E-state index in [4.69, 9.17) is 0 Å². The number of alkyl halides is 3. The Morgan fingerprint density at radius 3 is 2.68 bits per heavy atom. The van der Waals surface area contributed by atoms with Crippen LogP contribution in [0.25, 0.3) is 0 Å². The van der Waals surface area contributed by atoms with Crippen LogP contribution in [-0.4, -0.2) is 47.8 Å². The number of amides is 1. The average molecular weight is 318 g/mol. The Labute approximate surface area is 127 Å². The van der Waals surface area contributed by atoms with Crippen LogP contribution in [0.4, 0.5) is 13.2 Å². The molecule has 0 saturated heterocycles. The second kappa shape index (κ2) is 6.68. The molecule has 2 rings (SSSR count). The number of carbonyl (C=O) groups is 1. The summed E-state index contributed by atoms with van der Waals surface area (Å²) in [6, 6.07) is 1.07. The molecule has 124 valence electrons. The van der Waals surface area contributed by atoms with Crippen LogP contribution in [0.5, 0.6) is 0 Å². The summed E-state index contributed by atoms with van der Waals surface area (Å²) in [5, 5.41) is 6.28. The van der Waals surface area contributed by atoms with Crippen molar-refractivity contribution in [2.45, 2.75) is 37.9 Å². The van der Waals surface area contributed by atoms with Gasteiger partial charge in [0.15, 0.2) is 5.69 Å². The van der Waals surface area contributed by atoms with Crippen LogP contribution in [0.3, 0.4) is 0 Å². The van der Waals surface area contributed by atoms with Crippen molar-refractivity contribution in [2.75, 3.05) is 27.2 Å². The van der Waals surface area contributed by atoms with E-state index in [1.807, 2.05) is 19.0 Å². The zero-order chi connectivity index (χ0) is 16.3. The van der Waals surface area contributed by atoms with Crippen molar-refractivity contribution in [3.63, 3.8) is 0 Å². The van der Waals surface area contributed by atoms with Gasteiger partial charge in [0.25, 0.3) is 0 Å². The maximum atomic E-state index is 12.7. The summed E-state index contributed by atoms with van der Waals surface area (Å²) in [7, 11) is 3.87. The number of nitrogens with zero attached hydrogens (tertiary/aromatic N) is 3. The molecule has 1 aliphatic rings. The number of hydrogen-bond donors (Lipinski definition) is 1. The SMILES string of the molecule is CN(C)CCCNC(=O)Cn1nc(C(F)(F)F)cc1C1CC1. The summed E-state index contributed by atoms with van der Waals surface area (Å²) >= 11 is 0. The minimum Gasteiger partial charge on any atom is -0.354 e. The van der Waals surface area contributed by atoms with Crippen molar-refractivity contribution in [3.8, 4) is 0 Å². The van der Waals surface area contributed by atoms with Gasteiger partial charge in [-0.25, -0.2) is 0 Å². The first-order valence-corrected chi connectivity index (χ1v) is 7.33. The molecular weight excluding hydrogens is 297 g/mol. The predicted octanol–water partition coefficient (Wildman–Crippen LogP) is 1.85. The molecule has 1 amide bonds. The smallest absolute Gasteiger partial charge is 0.354 e. The molecule has 0 bridgehead atoms. The molecule has 0 atom stereocenters. The van der Waals surface area contributed by atoms with Crippen molar-refractivity contribution >= 4 is 5.91 Å². The zero-order valence-electron chi connectivity index (χ0n) is 12.8. The standard InChI is InChI=1S/C14H21F3N4O/c1-20(2)7-3-6-18-13(22)9-21-11(10-4-5-10)8-12(19-21)14(15,16)17/h8,10H,3-7,9H2,1-2H3,(H,18,22). The Balaban J connectivity index is 1.93. The lowest BCUT2D eigenvalue weighted by atomic mass is 10.2. The van der Waals surface area contributed by atoms with Gasteiger partial charge in [0.1, 0.15) is 6.54 Å². The number of rotatable bonds is 7. The molecule has 1 aliphatic carbocycles. The van der Waals surface area contributed by atoms with E-state index in [0.29, 0.717) is 12.2 Å². The zero-order valence-corrected chi connectivity index (χ0v) is 12.8. The van der Waals surface area contributed by atoms with Gasteiger partial charge in [-0.1, -0.05) is 0 Å². The lowest BCUT2D eigenvalue weighted by molar-refractivity contribution is -0.141. The fourth-order valence-electron chi connectivity index (χ4n) is 2.22. The molecule has 8 heteroatoms. The van der Waals surface area contributed by atoms with Crippen molar-refractivity contribution in [2.24, 2.45) is 0 Å². The topological polar surface area (TPSA) is 50.2 Å². The number of hydrogen-bond acceptors (Lipinski definition) is 3. The molecule has 1 fully saturated rings. The minimum absolute atomic E-state index is 0.102. The fourth-order valence-corrected chi connectivity index (χ4v) is 2.22. The Kier molecular flexibility index (Phi) is 5.10. The number of nitrogens with one attached hydrogen (secondary N) is 1. The highest BCUT2D eigenvalue weighted by Crippen LogP contribution is 2.42. The lowest BCUT2D eigenvalue weighted by Gasteiger charge is -2.10. The van der Waals surface area contributed by atoms with E-state index in [9.17, 15) is 18.0 Å². The van der Waals surface area contributed by atoms with Gasteiger partial charge in [0, 0.05) is 18.2 Å². The molecule has 0 unspecified atom stereocenters. The van der Waals surface area contributed by atoms with E-state index in [-0.39, 0.29) is 18.4 Å². The Morgan fingerprint density at radius 2 is 2.14 bits per heavy atom. The lowest BCUT2D eigenvalue weighted by Crippen LogP contribution is -2.31. The summed E-state index contributed by atoms with van der Waals surface area (Å²) in [5.41, 5.74) is -0.412. The fraction of sp³-hybridized carbons (Fsp3) is 0.714. The average Bonchev–Trinajstić information content (AvgIpc) is 3.15. The first-order valence-electron chi connectivity index (χ1n) is 7.33. The van der Waals surface area contributed by atoms with Crippen molar-refractivity contribution in [1.82, 2.24) is 20.0 Å². The molecule has 1 heterocycles. The third-order valence-electron chi connectivity index (χ3n) is 3.49. The van der Waals surface area contributed by atoms with Gasteiger partial charge in [0.2, 0.25) is 5.91 Å². The number of halogens is 3. The molecule has 1 N–H and O–H groups in total.